The molecule has 1 aromatic heterocycles. The van der Waals surface area contributed by atoms with Gasteiger partial charge in [0.25, 0.3) is 0 Å². The van der Waals surface area contributed by atoms with Crippen LogP contribution < -0.4 is 4.90 Å². The summed E-state index contributed by atoms with van der Waals surface area (Å²) in [6, 6.07) is 69.6. The minimum Gasteiger partial charge on any atom is -0.308 e. The predicted molar refractivity (Wildman–Crippen MR) is 216 cm³/mol. The van der Waals surface area contributed by atoms with E-state index in [4.69, 9.17) is 0 Å². The van der Waals surface area contributed by atoms with Crippen LogP contribution in [0.15, 0.2) is 188 Å². The Balaban J connectivity index is 1.21. The molecule has 2 heteroatoms. The van der Waals surface area contributed by atoms with Crippen LogP contribution in [0.3, 0.4) is 0 Å². The number of benzene rings is 8. The number of hydrogen-bond acceptors (Lipinski definition) is 2. The van der Waals surface area contributed by atoms with E-state index in [2.05, 4.69) is 193 Å². The first-order valence-corrected chi connectivity index (χ1v) is 18.4. The molecule has 0 fully saturated rings. The third-order valence-electron chi connectivity index (χ3n) is 11.1. The highest BCUT2D eigenvalue weighted by molar-refractivity contribution is 7.26. The normalized spacial score (nSPS) is 13.3. The average molecular weight is 666 g/mol. The second-order valence-corrected chi connectivity index (χ2v) is 14.6. The number of hydrogen-bond donors (Lipinski definition) is 0. The van der Waals surface area contributed by atoms with Crippen molar-refractivity contribution in [2.24, 2.45) is 0 Å². The number of anilines is 3. The molecule has 1 spiro atoms. The molecule has 0 N–H and O–H groups in total. The highest BCUT2D eigenvalue weighted by Crippen LogP contribution is 2.63. The lowest BCUT2D eigenvalue weighted by Crippen LogP contribution is -2.25. The molecule has 0 saturated carbocycles. The van der Waals surface area contributed by atoms with Gasteiger partial charge in [0.1, 0.15) is 0 Å². The Bertz CT molecular complexity index is 2780. The zero-order valence-electron chi connectivity index (χ0n) is 27.8. The first kappa shape index (κ1) is 28.6. The Hall–Kier alpha value is -6.22. The Kier molecular flexibility index (Phi) is 6.11. The fourth-order valence-electron chi connectivity index (χ4n) is 9.07. The van der Waals surface area contributed by atoms with Crippen LogP contribution in [0.4, 0.5) is 17.1 Å². The lowest BCUT2D eigenvalue weighted by Gasteiger charge is -2.31. The molecule has 0 bridgehead atoms. The summed E-state index contributed by atoms with van der Waals surface area (Å²) < 4.78 is 2.59. The molecule has 2 aliphatic rings. The van der Waals surface area contributed by atoms with E-state index in [0.717, 1.165) is 11.4 Å². The van der Waals surface area contributed by atoms with Crippen molar-refractivity contribution in [3.8, 4) is 33.4 Å². The minimum absolute atomic E-state index is 0.365. The first-order valence-electron chi connectivity index (χ1n) is 17.6. The van der Waals surface area contributed by atoms with Gasteiger partial charge in [0.2, 0.25) is 0 Å². The van der Waals surface area contributed by atoms with E-state index >= 15 is 0 Å². The number of fused-ring (bicyclic) bond motifs is 13. The van der Waals surface area contributed by atoms with Gasteiger partial charge in [-0.1, -0.05) is 158 Å². The van der Waals surface area contributed by atoms with Crippen LogP contribution in [0.25, 0.3) is 53.6 Å². The number of para-hydroxylation sites is 1. The second kappa shape index (κ2) is 10.9. The molecule has 9 aromatic rings. The van der Waals surface area contributed by atoms with Crippen molar-refractivity contribution in [3.63, 3.8) is 0 Å². The summed E-state index contributed by atoms with van der Waals surface area (Å²) in [5, 5.41) is 2.60. The van der Waals surface area contributed by atoms with Crippen LogP contribution in [-0.2, 0) is 5.41 Å². The summed E-state index contributed by atoms with van der Waals surface area (Å²) in [6.45, 7) is 0. The predicted octanol–water partition coefficient (Wildman–Crippen LogP) is 13.5. The second-order valence-electron chi connectivity index (χ2n) is 13.6. The van der Waals surface area contributed by atoms with Gasteiger partial charge in [-0.15, -0.1) is 11.3 Å². The van der Waals surface area contributed by atoms with Gasteiger partial charge < -0.3 is 4.90 Å². The molecule has 2 aliphatic carbocycles. The van der Waals surface area contributed by atoms with Gasteiger partial charge in [-0.25, -0.2) is 0 Å². The maximum absolute atomic E-state index is 2.50. The molecule has 8 aromatic carbocycles. The molecular weight excluding hydrogens is 635 g/mol. The molecule has 238 valence electrons. The van der Waals surface area contributed by atoms with Crippen LogP contribution in [0, 0.1) is 0 Å². The fourth-order valence-corrected chi connectivity index (χ4v) is 10.3. The van der Waals surface area contributed by atoms with Crippen molar-refractivity contribution < 1.29 is 0 Å². The zero-order valence-corrected chi connectivity index (χ0v) is 28.6. The van der Waals surface area contributed by atoms with Gasteiger partial charge in [0, 0.05) is 26.7 Å². The molecule has 51 heavy (non-hydrogen) atoms. The highest BCUT2D eigenvalue weighted by Gasteiger charge is 2.51. The quantitative estimate of drug-likeness (QED) is 0.181. The third kappa shape index (κ3) is 3.91. The Morgan fingerprint density at radius 1 is 0.373 bits per heavy atom. The molecule has 1 nitrogen and oxygen atoms in total. The summed E-state index contributed by atoms with van der Waals surface area (Å²) in [5.41, 5.74) is 16.2. The maximum atomic E-state index is 2.50. The minimum atomic E-state index is -0.365. The molecule has 0 amide bonds. The van der Waals surface area contributed by atoms with Crippen molar-refractivity contribution in [1.29, 1.82) is 0 Å². The van der Waals surface area contributed by atoms with E-state index < -0.39 is 0 Å². The molecule has 11 rings (SSSR count). The van der Waals surface area contributed by atoms with Gasteiger partial charge >= 0.3 is 0 Å². The lowest BCUT2D eigenvalue weighted by atomic mass is 9.70. The topological polar surface area (TPSA) is 3.24 Å². The van der Waals surface area contributed by atoms with Gasteiger partial charge in [-0.2, -0.15) is 0 Å². The number of thiophene rings is 1. The molecule has 0 atom stereocenters. The van der Waals surface area contributed by atoms with Crippen molar-refractivity contribution in [2.75, 3.05) is 4.90 Å². The summed E-state index contributed by atoms with van der Waals surface area (Å²) in [7, 11) is 0. The van der Waals surface area contributed by atoms with Crippen molar-refractivity contribution in [2.45, 2.75) is 5.41 Å². The Labute approximate surface area is 301 Å². The zero-order chi connectivity index (χ0) is 33.5. The van der Waals surface area contributed by atoms with Crippen LogP contribution >= 0.6 is 11.3 Å². The van der Waals surface area contributed by atoms with Gasteiger partial charge in [0.05, 0.1) is 21.5 Å². The van der Waals surface area contributed by atoms with Crippen molar-refractivity contribution >= 4 is 48.6 Å². The van der Waals surface area contributed by atoms with E-state index in [9.17, 15) is 0 Å². The Morgan fingerprint density at radius 3 is 1.63 bits per heavy atom. The van der Waals surface area contributed by atoms with Gasteiger partial charge in [-0.05, 0) is 80.4 Å². The summed E-state index contributed by atoms with van der Waals surface area (Å²) in [4.78, 5) is 2.50. The largest absolute Gasteiger partial charge is 0.308 e. The van der Waals surface area contributed by atoms with Crippen LogP contribution in [-0.4, -0.2) is 0 Å². The lowest BCUT2D eigenvalue weighted by molar-refractivity contribution is 0.794. The third-order valence-corrected chi connectivity index (χ3v) is 12.3. The summed E-state index contributed by atoms with van der Waals surface area (Å²) >= 11 is 1.88. The average Bonchev–Trinajstić information content (AvgIpc) is 3.83. The Morgan fingerprint density at radius 2 is 0.902 bits per heavy atom. The maximum Gasteiger partial charge on any atom is 0.0725 e. The molecular formula is C49H31NS. The van der Waals surface area contributed by atoms with Crippen molar-refractivity contribution in [3.05, 3.63) is 210 Å². The molecule has 0 unspecified atom stereocenters. The smallest absolute Gasteiger partial charge is 0.0725 e. The molecule has 1 heterocycles. The standard InChI is InChI=1S/C49H31NS/c1-2-15-32(16-3-1)34-17-7-12-26-45(34)50(46-27-14-22-39-38-21-8-13-28-47(38)51-48(39)46)33-29-30-44-40(31-33)37-20-6-11-25-43(37)49(44)41-23-9-4-18-35(41)36-19-5-10-24-42(36)49/h1-31H. The molecule has 0 aliphatic heterocycles. The van der Waals surface area contributed by atoms with Crippen LogP contribution in [0.1, 0.15) is 22.3 Å². The van der Waals surface area contributed by atoms with Crippen molar-refractivity contribution in [1.82, 2.24) is 0 Å². The van der Waals surface area contributed by atoms with Crippen LogP contribution in [0.2, 0.25) is 0 Å². The van der Waals surface area contributed by atoms with Crippen LogP contribution in [0.5, 0.6) is 0 Å². The molecule has 0 saturated heterocycles. The number of nitrogens with zero attached hydrogens (tertiary/aromatic N) is 1. The summed E-state index contributed by atoms with van der Waals surface area (Å²) in [5.74, 6) is 0. The molecule has 0 radical (unpaired) electrons. The highest BCUT2D eigenvalue weighted by atomic mass is 32.1. The van der Waals surface area contributed by atoms with E-state index in [0.29, 0.717) is 0 Å². The van der Waals surface area contributed by atoms with E-state index in [1.165, 1.54) is 81.5 Å². The number of rotatable bonds is 4. The monoisotopic (exact) mass is 665 g/mol. The SMILES string of the molecule is c1ccc(-c2ccccc2N(c2ccc3c(c2)-c2ccccc2C32c3ccccc3-c3ccccc32)c2cccc3c2sc2ccccc23)cc1. The fraction of sp³-hybridized carbons (Fsp3) is 0.0204. The summed E-state index contributed by atoms with van der Waals surface area (Å²) in [6.07, 6.45) is 0. The first-order chi connectivity index (χ1) is 25.3. The van der Waals surface area contributed by atoms with E-state index in [1.807, 2.05) is 11.3 Å². The van der Waals surface area contributed by atoms with Gasteiger partial charge in [0.15, 0.2) is 0 Å². The van der Waals surface area contributed by atoms with E-state index in [-0.39, 0.29) is 5.41 Å². The van der Waals surface area contributed by atoms with Gasteiger partial charge in [-0.3, -0.25) is 0 Å². The van der Waals surface area contributed by atoms with E-state index in [1.54, 1.807) is 0 Å².